The van der Waals surface area contributed by atoms with Crippen LogP contribution >= 0.6 is 0 Å². The first-order chi connectivity index (χ1) is 30.0. The number of ether oxygens (including phenoxy) is 3. The summed E-state index contributed by atoms with van der Waals surface area (Å²) in [7, 11) is -1.19. The van der Waals surface area contributed by atoms with Crippen LogP contribution in [0.15, 0.2) is 131 Å². The Morgan fingerprint density at radius 3 is 2.27 bits per heavy atom. The number of oxime groups is 1. The number of aliphatic hydroxyl groups is 2. The van der Waals surface area contributed by atoms with Gasteiger partial charge in [-0.3, -0.25) is 4.79 Å². The van der Waals surface area contributed by atoms with E-state index in [-0.39, 0.29) is 54.8 Å². The molecule has 2 aliphatic carbocycles. The molecule has 328 valence electrons. The summed E-state index contributed by atoms with van der Waals surface area (Å²) in [5, 5.41) is 27.0. The lowest BCUT2D eigenvalue weighted by atomic mass is 9.55. The Morgan fingerprint density at radius 2 is 1.61 bits per heavy atom. The number of carbonyl (C=O) groups excluding carboxylic acids is 1. The molecular weight excluding hydrogens is 807 g/mol. The molecule has 7 rings (SSSR count). The number of amides is 1. The number of rotatable bonds is 19. The molecule has 6 unspecified atom stereocenters. The van der Waals surface area contributed by atoms with Crippen molar-refractivity contribution < 1.29 is 42.5 Å². The molecule has 3 N–H and O–H groups in total. The Labute approximate surface area is 364 Å². The van der Waals surface area contributed by atoms with Crippen molar-refractivity contribution in [3.05, 3.63) is 127 Å². The van der Waals surface area contributed by atoms with Crippen molar-refractivity contribution in [3.63, 3.8) is 0 Å². The average molecular weight is 864 g/mol. The van der Waals surface area contributed by atoms with Gasteiger partial charge in [-0.1, -0.05) is 72.6 Å². The van der Waals surface area contributed by atoms with Crippen molar-refractivity contribution in [2.24, 2.45) is 22.9 Å². The van der Waals surface area contributed by atoms with Crippen LogP contribution in [0.4, 0.5) is 5.69 Å². The molecule has 4 aromatic carbocycles. The summed E-state index contributed by atoms with van der Waals surface area (Å²) in [6.07, 6.45) is 8.38. The van der Waals surface area contributed by atoms with Gasteiger partial charge in [0, 0.05) is 50.8 Å². The number of nitrogens with one attached hydrogen (secondary N) is 1. The zero-order valence-electron chi connectivity index (χ0n) is 35.6. The molecule has 1 fully saturated rings. The molecule has 0 spiro atoms. The van der Waals surface area contributed by atoms with Gasteiger partial charge >= 0.3 is 0 Å². The Bertz CT molecular complexity index is 2350. The quantitative estimate of drug-likeness (QED) is 0.0477. The van der Waals surface area contributed by atoms with Gasteiger partial charge in [0.2, 0.25) is 21.7 Å². The molecule has 4 aromatic rings. The van der Waals surface area contributed by atoms with E-state index in [9.17, 15) is 23.4 Å². The van der Waals surface area contributed by atoms with Crippen LogP contribution in [0.2, 0.25) is 0 Å². The van der Waals surface area contributed by atoms with Gasteiger partial charge in [-0.05, 0) is 109 Å². The maximum atomic E-state index is 14.7. The number of nitrogens with zero attached hydrogens (tertiary/aromatic N) is 2. The predicted octanol–water partition coefficient (Wildman–Crippen LogP) is 8.69. The van der Waals surface area contributed by atoms with Crippen LogP contribution in [0.25, 0.3) is 11.1 Å². The molecule has 1 aliphatic heterocycles. The first kappa shape index (κ1) is 44.7. The molecule has 1 amide bonds. The average Bonchev–Trinajstić information content (AvgIpc) is 3.27. The Morgan fingerprint density at radius 1 is 0.935 bits per heavy atom. The monoisotopic (exact) mass is 863 g/mol. The maximum Gasteiger partial charge on any atom is 0.243 e. The number of anilines is 1. The highest BCUT2D eigenvalue weighted by Crippen LogP contribution is 2.62. The first-order valence-corrected chi connectivity index (χ1v) is 22.8. The van der Waals surface area contributed by atoms with Crippen LogP contribution in [0.3, 0.4) is 0 Å². The van der Waals surface area contributed by atoms with Crippen LogP contribution in [0.1, 0.15) is 63.4 Å². The summed E-state index contributed by atoms with van der Waals surface area (Å²) < 4.78 is 51.5. The standard InChI is InChI=1S/C49H57N3O9S/c1-5-29-59-49-46(52(3)62(56,57)40-24-19-37(20-25-40)50-33(2)55)32-44(51-58-4)42-30-36(15-9-11-27-53)41(16-10-12-28-54)47(48(42)49)43-31-39(23-26-45(43)61-49)60-38-21-17-35(18-22-38)34-13-7-6-8-14-34/h5-8,13-14,17-26,30-31,36,41,46-48,53-54H,1,9-12,15-16,27-29,32H2,2-4H3,(H,50,55). The number of fused-ring (bicyclic) bond motifs is 2. The Hall–Kier alpha value is -5.31. The molecule has 6 atom stereocenters. The number of sulfonamides is 1. The number of likely N-dealkylation sites (N-methyl/N-ethyl adjacent to an activating group) is 1. The molecular formula is C49H57N3O9S. The molecule has 0 radical (unpaired) electrons. The van der Waals surface area contributed by atoms with E-state index in [0.717, 1.165) is 47.9 Å². The number of hydrogen-bond donors (Lipinski definition) is 3. The lowest BCUT2D eigenvalue weighted by Gasteiger charge is -2.59. The Balaban J connectivity index is 1.37. The summed E-state index contributed by atoms with van der Waals surface area (Å²) in [6.45, 7) is 5.56. The van der Waals surface area contributed by atoms with Gasteiger partial charge in [0.1, 0.15) is 24.4 Å². The molecule has 62 heavy (non-hydrogen) atoms. The van der Waals surface area contributed by atoms with Gasteiger partial charge in [0.15, 0.2) is 0 Å². The van der Waals surface area contributed by atoms with E-state index in [1.54, 1.807) is 18.2 Å². The van der Waals surface area contributed by atoms with E-state index < -0.39 is 27.8 Å². The smallest absolute Gasteiger partial charge is 0.243 e. The lowest BCUT2D eigenvalue weighted by Crippen LogP contribution is -2.69. The van der Waals surface area contributed by atoms with E-state index in [2.05, 4.69) is 35.3 Å². The maximum absolute atomic E-state index is 14.7. The van der Waals surface area contributed by atoms with Crippen molar-refractivity contribution in [2.75, 3.05) is 39.3 Å². The highest BCUT2D eigenvalue weighted by atomic mass is 32.2. The summed E-state index contributed by atoms with van der Waals surface area (Å²) in [5.74, 6) is -0.837. The van der Waals surface area contributed by atoms with Crippen LogP contribution in [0, 0.1) is 17.8 Å². The fraction of sp³-hybridized carbons (Fsp3) is 0.388. The summed E-state index contributed by atoms with van der Waals surface area (Å²) >= 11 is 0. The second-order valence-electron chi connectivity index (χ2n) is 16.2. The van der Waals surface area contributed by atoms with Crippen molar-refractivity contribution in [3.8, 4) is 28.4 Å². The second kappa shape index (κ2) is 19.8. The minimum Gasteiger partial charge on any atom is -0.460 e. The van der Waals surface area contributed by atoms with Crippen molar-refractivity contribution >= 4 is 27.3 Å². The van der Waals surface area contributed by atoms with E-state index in [4.69, 9.17) is 19.0 Å². The van der Waals surface area contributed by atoms with E-state index in [1.165, 1.54) is 37.5 Å². The minimum absolute atomic E-state index is 0.00506. The van der Waals surface area contributed by atoms with Gasteiger partial charge in [-0.25, -0.2) is 8.42 Å². The molecule has 12 nitrogen and oxygen atoms in total. The van der Waals surface area contributed by atoms with E-state index in [1.807, 2.05) is 60.7 Å². The van der Waals surface area contributed by atoms with Crippen LogP contribution in [0.5, 0.6) is 17.2 Å². The summed E-state index contributed by atoms with van der Waals surface area (Å²) in [6, 6.07) is 29.0. The molecule has 0 saturated heterocycles. The number of aliphatic hydroxyl groups excluding tert-OH is 2. The van der Waals surface area contributed by atoms with Gasteiger partial charge in [0.05, 0.1) is 29.2 Å². The molecule has 1 heterocycles. The minimum atomic E-state index is -4.21. The van der Waals surface area contributed by atoms with Crippen LogP contribution in [-0.4, -0.2) is 80.4 Å². The van der Waals surface area contributed by atoms with Gasteiger partial charge < -0.3 is 34.6 Å². The van der Waals surface area contributed by atoms with Crippen molar-refractivity contribution in [1.29, 1.82) is 0 Å². The normalized spacial score (nSPS) is 23.4. The van der Waals surface area contributed by atoms with Gasteiger partial charge in [0.25, 0.3) is 0 Å². The topological polar surface area (TPSA) is 156 Å². The van der Waals surface area contributed by atoms with Gasteiger partial charge in [-0.2, -0.15) is 4.31 Å². The van der Waals surface area contributed by atoms with Crippen LogP contribution < -0.4 is 14.8 Å². The van der Waals surface area contributed by atoms with E-state index >= 15 is 0 Å². The zero-order valence-corrected chi connectivity index (χ0v) is 36.4. The fourth-order valence-electron chi connectivity index (χ4n) is 9.61. The number of carbonyl (C=O) groups is 1. The number of allylic oxidation sites excluding steroid dienone is 1. The molecule has 1 saturated carbocycles. The number of unbranched alkanes of at least 4 members (excludes halogenated alkanes) is 2. The number of benzene rings is 4. The van der Waals surface area contributed by atoms with Crippen molar-refractivity contribution in [1.82, 2.24) is 4.31 Å². The first-order valence-electron chi connectivity index (χ1n) is 21.3. The highest BCUT2D eigenvalue weighted by molar-refractivity contribution is 7.89. The molecule has 0 aromatic heterocycles. The third-order valence-corrected chi connectivity index (χ3v) is 14.2. The highest BCUT2D eigenvalue weighted by Gasteiger charge is 2.65. The Kier molecular flexibility index (Phi) is 14.3. The largest absolute Gasteiger partial charge is 0.460 e. The predicted molar refractivity (Wildman–Crippen MR) is 240 cm³/mol. The third kappa shape index (κ3) is 9.23. The SMILES string of the molecule is C=CCOC12Oc3ccc(Oc4ccc(-c5ccccc5)cc4)cc3C3C(CCCCO)C(CCCCO)C=C(C(=NOC)CC1N(C)S(=O)(=O)c1ccc(NC(C)=O)cc1)C32. The lowest BCUT2D eigenvalue weighted by molar-refractivity contribution is -0.250. The van der Waals surface area contributed by atoms with Gasteiger partial charge in [-0.15, -0.1) is 6.58 Å². The zero-order chi connectivity index (χ0) is 43.9. The van der Waals surface area contributed by atoms with E-state index in [0.29, 0.717) is 41.5 Å². The molecule has 13 heteroatoms. The molecule has 0 bridgehead atoms. The second-order valence-corrected chi connectivity index (χ2v) is 18.2. The van der Waals surface area contributed by atoms with Crippen LogP contribution in [-0.2, 0) is 24.4 Å². The number of hydrogen-bond acceptors (Lipinski definition) is 10. The molecule has 3 aliphatic rings. The van der Waals surface area contributed by atoms with Crippen molar-refractivity contribution in [2.45, 2.75) is 74.5 Å². The fourth-order valence-corrected chi connectivity index (χ4v) is 11.0. The summed E-state index contributed by atoms with van der Waals surface area (Å²) in [5.41, 5.74) is 5.00. The third-order valence-electron chi connectivity index (χ3n) is 12.3. The summed E-state index contributed by atoms with van der Waals surface area (Å²) in [4.78, 5) is 17.3.